The number of thiocarbonyl (C=S) groups is 1. The Morgan fingerprint density at radius 3 is 2.44 bits per heavy atom. The van der Waals surface area contributed by atoms with E-state index >= 15 is 0 Å². The minimum Gasteiger partial charge on any atom is -0.383 e. The molecule has 1 unspecified atom stereocenters. The first kappa shape index (κ1) is 15.1. The second-order valence-electron chi connectivity index (χ2n) is 3.78. The van der Waals surface area contributed by atoms with Crippen molar-refractivity contribution in [3.8, 4) is 0 Å². The zero-order valence-corrected chi connectivity index (χ0v) is 11.1. The van der Waals surface area contributed by atoms with Crippen LogP contribution >= 0.6 is 12.2 Å². The lowest BCUT2D eigenvalue weighted by Gasteiger charge is -2.18. The fraction of sp³-hybridized carbons (Fsp3) is 0.800. The van der Waals surface area contributed by atoms with Gasteiger partial charge in [0.15, 0.2) is 5.11 Å². The van der Waals surface area contributed by atoms with E-state index in [2.05, 4.69) is 16.0 Å². The summed E-state index contributed by atoms with van der Waals surface area (Å²) in [6.07, 6.45) is 0. The molecule has 0 aromatic heterocycles. The van der Waals surface area contributed by atoms with E-state index in [0.29, 0.717) is 18.3 Å². The van der Waals surface area contributed by atoms with Gasteiger partial charge in [0.1, 0.15) is 6.04 Å². The van der Waals surface area contributed by atoms with Gasteiger partial charge in [-0.25, -0.2) is 0 Å². The first-order valence-electron chi connectivity index (χ1n) is 5.31. The van der Waals surface area contributed by atoms with Gasteiger partial charge >= 0.3 is 0 Å². The van der Waals surface area contributed by atoms with E-state index in [0.717, 1.165) is 0 Å². The molecule has 94 valence electrons. The lowest BCUT2D eigenvalue weighted by Crippen LogP contribution is -2.50. The number of hydrogen-bond acceptors (Lipinski definition) is 3. The molecule has 0 saturated carbocycles. The molecule has 1 amide bonds. The zero-order valence-electron chi connectivity index (χ0n) is 10.3. The molecular formula is C10H21N3O2S. The molecule has 0 aliphatic carbocycles. The van der Waals surface area contributed by atoms with E-state index in [1.807, 2.05) is 13.8 Å². The molecule has 16 heavy (non-hydrogen) atoms. The van der Waals surface area contributed by atoms with Gasteiger partial charge in [-0.2, -0.15) is 0 Å². The maximum absolute atomic E-state index is 11.5. The Hall–Kier alpha value is -0.880. The minimum absolute atomic E-state index is 0.0926. The van der Waals surface area contributed by atoms with Gasteiger partial charge in [-0.15, -0.1) is 0 Å². The summed E-state index contributed by atoms with van der Waals surface area (Å²) < 4.78 is 4.83. The summed E-state index contributed by atoms with van der Waals surface area (Å²) in [6, 6.07) is -0.0978. The smallest absolute Gasteiger partial charge is 0.242 e. The summed E-state index contributed by atoms with van der Waals surface area (Å²) in [7, 11) is 1.59. The Morgan fingerprint density at radius 1 is 1.31 bits per heavy atom. The quantitative estimate of drug-likeness (QED) is 0.456. The average Bonchev–Trinajstić information content (AvgIpc) is 2.16. The Kier molecular flexibility index (Phi) is 7.84. The molecule has 0 aromatic rings. The standard InChI is InChI=1S/C10H21N3O2S/c1-7(2)12-10(16)13-8(3)9(14)11-5-6-15-4/h7-8H,5-6H2,1-4H3,(H,11,14)(H2,12,13,16). The predicted molar refractivity (Wildman–Crippen MR) is 68.4 cm³/mol. The van der Waals surface area contributed by atoms with Crippen molar-refractivity contribution in [3.05, 3.63) is 0 Å². The van der Waals surface area contributed by atoms with Gasteiger partial charge in [-0.3, -0.25) is 4.79 Å². The Labute approximate surface area is 102 Å². The highest BCUT2D eigenvalue weighted by Crippen LogP contribution is 1.84. The first-order valence-corrected chi connectivity index (χ1v) is 5.72. The van der Waals surface area contributed by atoms with Crippen LogP contribution in [0.4, 0.5) is 0 Å². The van der Waals surface area contributed by atoms with E-state index in [1.165, 1.54) is 0 Å². The minimum atomic E-state index is -0.351. The SMILES string of the molecule is COCCNC(=O)C(C)NC(=S)NC(C)C. The van der Waals surface area contributed by atoms with Crippen LogP contribution in [0.5, 0.6) is 0 Å². The van der Waals surface area contributed by atoms with Gasteiger partial charge in [-0.1, -0.05) is 0 Å². The Balaban J connectivity index is 3.81. The van der Waals surface area contributed by atoms with E-state index in [4.69, 9.17) is 17.0 Å². The molecule has 0 heterocycles. The molecule has 3 N–H and O–H groups in total. The van der Waals surface area contributed by atoms with Crippen LogP contribution in [-0.4, -0.2) is 43.4 Å². The molecular weight excluding hydrogens is 226 g/mol. The molecule has 0 aliphatic rings. The Bertz CT molecular complexity index is 234. The number of carbonyl (C=O) groups is 1. The molecule has 0 radical (unpaired) electrons. The fourth-order valence-electron chi connectivity index (χ4n) is 0.995. The fourth-order valence-corrected chi connectivity index (χ4v) is 1.41. The van der Waals surface area contributed by atoms with Gasteiger partial charge in [0, 0.05) is 19.7 Å². The number of methoxy groups -OCH3 is 1. The Morgan fingerprint density at radius 2 is 1.94 bits per heavy atom. The molecule has 0 spiro atoms. The largest absolute Gasteiger partial charge is 0.383 e. The van der Waals surface area contributed by atoms with Crippen LogP contribution in [0.2, 0.25) is 0 Å². The summed E-state index contributed by atoms with van der Waals surface area (Å²) >= 11 is 5.03. The van der Waals surface area contributed by atoms with E-state index in [1.54, 1.807) is 14.0 Å². The van der Waals surface area contributed by atoms with Gasteiger partial charge in [0.25, 0.3) is 0 Å². The summed E-state index contributed by atoms with van der Waals surface area (Å²) in [5, 5.41) is 9.14. The van der Waals surface area contributed by atoms with Crippen molar-refractivity contribution in [2.45, 2.75) is 32.9 Å². The molecule has 0 saturated heterocycles. The van der Waals surface area contributed by atoms with Crippen LogP contribution in [-0.2, 0) is 9.53 Å². The third-order valence-corrected chi connectivity index (χ3v) is 2.00. The summed E-state index contributed by atoms with van der Waals surface area (Å²) in [6.45, 7) is 6.74. The normalized spacial score (nSPS) is 12.1. The van der Waals surface area contributed by atoms with E-state index in [9.17, 15) is 4.79 Å². The van der Waals surface area contributed by atoms with Crippen molar-refractivity contribution >= 4 is 23.2 Å². The monoisotopic (exact) mass is 247 g/mol. The van der Waals surface area contributed by atoms with Crippen molar-refractivity contribution in [1.82, 2.24) is 16.0 Å². The molecule has 6 heteroatoms. The zero-order chi connectivity index (χ0) is 12.6. The second-order valence-corrected chi connectivity index (χ2v) is 4.19. The van der Waals surface area contributed by atoms with E-state index < -0.39 is 0 Å². The predicted octanol–water partition coefficient (Wildman–Crippen LogP) is 0.0100. The molecule has 0 fully saturated rings. The molecule has 0 aliphatic heterocycles. The summed E-state index contributed by atoms with van der Waals surface area (Å²) in [4.78, 5) is 11.5. The highest BCUT2D eigenvalue weighted by Gasteiger charge is 2.12. The van der Waals surface area contributed by atoms with Crippen molar-refractivity contribution in [3.63, 3.8) is 0 Å². The maximum atomic E-state index is 11.5. The molecule has 0 bridgehead atoms. The molecule has 1 atom stereocenters. The van der Waals surface area contributed by atoms with Gasteiger partial charge in [0.05, 0.1) is 6.61 Å². The van der Waals surface area contributed by atoms with Gasteiger partial charge < -0.3 is 20.7 Å². The third-order valence-electron chi connectivity index (χ3n) is 1.77. The van der Waals surface area contributed by atoms with Crippen molar-refractivity contribution in [2.75, 3.05) is 20.3 Å². The van der Waals surface area contributed by atoms with Crippen LogP contribution in [0.3, 0.4) is 0 Å². The number of ether oxygens (including phenoxy) is 1. The van der Waals surface area contributed by atoms with Crippen molar-refractivity contribution in [1.29, 1.82) is 0 Å². The number of hydrogen-bond donors (Lipinski definition) is 3. The number of rotatable bonds is 6. The van der Waals surface area contributed by atoms with Gasteiger partial charge in [-0.05, 0) is 33.0 Å². The molecule has 0 rings (SSSR count). The second kappa shape index (κ2) is 8.29. The van der Waals surface area contributed by atoms with Gasteiger partial charge in [0.2, 0.25) is 5.91 Å². The van der Waals surface area contributed by atoms with Crippen LogP contribution in [0.15, 0.2) is 0 Å². The number of amides is 1. The lowest BCUT2D eigenvalue weighted by molar-refractivity contribution is -0.122. The van der Waals surface area contributed by atoms with Crippen LogP contribution in [0.25, 0.3) is 0 Å². The van der Waals surface area contributed by atoms with Crippen molar-refractivity contribution in [2.24, 2.45) is 0 Å². The number of carbonyl (C=O) groups excluding carboxylic acids is 1. The number of nitrogens with one attached hydrogen (secondary N) is 3. The van der Waals surface area contributed by atoms with E-state index in [-0.39, 0.29) is 18.0 Å². The highest BCUT2D eigenvalue weighted by atomic mass is 32.1. The lowest BCUT2D eigenvalue weighted by atomic mass is 10.3. The third kappa shape index (κ3) is 7.42. The topological polar surface area (TPSA) is 62.4 Å². The van der Waals surface area contributed by atoms with Crippen LogP contribution < -0.4 is 16.0 Å². The highest BCUT2D eigenvalue weighted by molar-refractivity contribution is 7.80. The first-order chi connectivity index (χ1) is 7.47. The molecule has 5 nitrogen and oxygen atoms in total. The molecule has 0 aromatic carbocycles. The van der Waals surface area contributed by atoms with Crippen LogP contribution in [0, 0.1) is 0 Å². The summed E-state index contributed by atoms with van der Waals surface area (Å²) in [5.74, 6) is -0.0926. The van der Waals surface area contributed by atoms with Crippen molar-refractivity contribution < 1.29 is 9.53 Å². The maximum Gasteiger partial charge on any atom is 0.242 e. The van der Waals surface area contributed by atoms with Crippen LogP contribution in [0.1, 0.15) is 20.8 Å². The average molecular weight is 247 g/mol. The summed E-state index contributed by atoms with van der Waals surface area (Å²) in [5.41, 5.74) is 0.